The zero-order valence-corrected chi connectivity index (χ0v) is 51.1. The lowest BCUT2D eigenvalue weighted by Crippen LogP contribution is -2.38. The molecular weight excluding hydrogens is 1230 g/mol. The Labute approximate surface area is 506 Å². The highest BCUT2D eigenvalue weighted by atomic mass is 32.2. The normalized spacial score (nSPS) is 11.5. The summed E-state index contributed by atoms with van der Waals surface area (Å²) in [6.45, 7) is -0.222. The third-order valence-corrected chi connectivity index (χ3v) is 19.9. The molecule has 0 spiro atoms. The Balaban J connectivity index is 0.000000252. The molecule has 6 aromatic carbocycles. The molecule has 0 radical (unpaired) electrons. The molecule has 0 aliphatic heterocycles. The number of aromatic nitrogens is 2. The number of carbonyl (C=O) groups excluding carboxylic acids is 2. The maximum absolute atomic E-state index is 14.0. The first-order valence-electron chi connectivity index (χ1n) is 26.0. The molecular formula is C58H58N6O20S4. The lowest BCUT2D eigenvalue weighted by molar-refractivity contribution is -0.142. The van der Waals surface area contributed by atoms with Gasteiger partial charge in [0, 0.05) is 21.5 Å². The number of benzene rings is 6. The van der Waals surface area contributed by atoms with Gasteiger partial charge in [-0.15, -0.1) is 0 Å². The van der Waals surface area contributed by atoms with E-state index in [4.69, 9.17) is 28.4 Å². The Morgan fingerprint density at radius 2 is 0.625 bits per heavy atom. The zero-order chi connectivity index (χ0) is 64.1. The molecule has 0 unspecified atom stereocenters. The van der Waals surface area contributed by atoms with Crippen LogP contribution in [0.3, 0.4) is 0 Å². The lowest BCUT2D eigenvalue weighted by atomic mass is 10.1. The van der Waals surface area contributed by atoms with Crippen molar-refractivity contribution in [3.63, 3.8) is 0 Å². The minimum absolute atomic E-state index is 0.00834. The van der Waals surface area contributed by atoms with Crippen LogP contribution in [0.4, 0.5) is 23.0 Å². The molecule has 0 saturated carbocycles. The van der Waals surface area contributed by atoms with Gasteiger partial charge in [-0.25, -0.2) is 52.2 Å². The Morgan fingerprint density at radius 1 is 0.375 bits per heavy atom. The van der Waals surface area contributed by atoms with E-state index in [2.05, 4.69) is 9.97 Å². The van der Waals surface area contributed by atoms with Gasteiger partial charge in [0.1, 0.15) is 49.2 Å². The minimum Gasteiger partial charge on any atom is -0.497 e. The Morgan fingerprint density at radius 3 is 0.909 bits per heavy atom. The van der Waals surface area contributed by atoms with Gasteiger partial charge in [0.15, 0.2) is 11.6 Å². The predicted molar refractivity (Wildman–Crippen MR) is 322 cm³/mol. The second-order valence-electron chi connectivity index (χ2n) is 18.2. The topological polar surface area (TPSA) is 339 Å². The SMILES string of the molecule is CCOC(=O)CN(c1cnc(N(CC(=O)OCC)S(=O)(=O)c2ccc(OC)cc2)c2ccccc12)S(=O)(=O)c1ccc(OC)cc1.COc1ccc(S(=O)(=O)N(CC(=O)O)c2cnc(N(CC(=O)O)S(=O)(=O)c3ccc(OC)cc3)c3ccccc23)cc1. The largest absolute Gasteiger partial charge is 0.497 e. The first-order valence-corrected chi connectivity index (χ1v) is 31.8. The molecule has 26 nitrogen and oxygen atoms in total. The number of esters is 2. The number of anilines is 4. The molecule has 0 aliphatic rings. The van der Waals surface area contributed by atoms with E-state index in [1.54, 1.807) is 32.0 Å². The smallest absolute Gasteiger partial charge is 0.326 e. The van der Waals surface area contributed by atoms with E-state index in [0.717, 1.165) is 21.0 Å². The predicted octanol–water partition coefficient (Wildman–Crippen LogP) is 6.58. The molecule has 0 atom stereocenters. The standard InChI is InChI=1S/C31H33N3O10S2.C27H25N3O10S2/c1-5-43-29(35)20-33(45(37,38)24-15-11-22(41-3)12-16-24)28-19-32-31(27-10-8-7-9-26(27)28)34(21-30(36)44-6-2)46(39,40)25-17-13-23(42-4)14-18-25;1-39-18-7-11-20(12-8-18)41(35,36)29(16-25(31)32)24-15-28-27(23-6-4-3-5-22(23)24)30(17-26(33)34)42(37,38)21-13-9-19(40-2)10-14-21/h7-19H,5-6,20-21H2,1-4H3;3-15H,16-17H2,1-2H3,(H,31,32)(H,33,34). The van der Waals surface area contributed by atoms with Gasteiger partial charge in [-0.1, -0.05) is 48.5 Å². The van der Waals surface area contributed by atoms with Crippen LogP contribution >= 0.6 is 0 Å². The van der Waals surface area contributed by atoms with Crippen molar-refractivity contribution < 1.29 is 91.5 Å². The number of carbonyl (C=O) groups is 4. The highest BCUT2D eigenvalue weighted by molar-refractivity contribution is 7.93. The number of fused-ring (bicyclic) bond motifs is 2. The average molecular weight is 1290 g/mol. The number of rotatable bonds is 26. The number of sulfonamides is 4. The van der Waals surface area contributed by atoms with Gasteiger partial charge in [0.25, 0.3) is 40.1 Å². The molecule has 0 aliphatic carbocycles. The molecule has 2 heterocycles. The van der Waals surface area contributed by atoms with Gasteiger partial charge in [0.2, 0.25) is 0 Å². The number of ether oxygens (including phenoxy) is 6. The summed E-state index contributed by atoms with van der Waals surface area (Å²) in [5.41, 5.74) is -0.189. The van der Waals surface area contributed by atoms with E-state index in [1.165, 1.54) is 156 Å². The first-order chi connectivity index (χ1) is 41.9. The maximum Gasteiger partial charge on any atom is 0.326 e. The fourth-order valence-corrected chi connectivity index (χ4v) is 14.3. The highest BCUT2D eigenvalue weighted by Crippen LogP contribution is 2.39. The van der Waals surface area contributed by atoms with Crippen LogP contribution in [0.15, 0.2) is 178 Å². The number of carboxylic acid groups (broad SMARTS) is 2. The summed E-state index contributed by atoms with van der Waals surface area (Å²) < 4.78 is 144. The van der Waals surface area contributed by atoms with Crippen LogP contribution in [0.2, 0.25) is 0 Å². The fraction of sp³-hybridized carbons (Fsp3) is 0.207. The summed E-state index contributed by atoms with van der Waals surface area (Å²) in [6.07, 6.45) is 2.14. The summed E-state index contributed by atoms with van der Waals surface area (Å²) in [6, 6.07) is 34.0. The molecule has 8 rings (SSSR count). The Kier molecular flexibility index (Phi) is 21.0. The zero-order valence-electron chi connectivity index (χ0n) is 47.8. The van der Waals surface area contributed by atoms with Crippen molar-refractivity contribution in [2.24, 2.45) is 0 Å². The number of pyridine rings is 2. The molecule has 464 valence electrons. The first kappa shape index (κ1) is 65.8. The van der Waals surface area contributed by atoms with Crippen LogP contribution in [0.1, 0.15) is 13.8 Å². The van der Waals surface area contributed by atoms with E-state index in [1.807, 2.05) is 0 Å². The summed E-state index contributed by atoms with van der Waals surface area (Å²) in [5, 5.41) is 19.8. The van der Waals surface area contributed by atoms with Crippen LogP contribution in [0.25, 0.3) is 21.5 Å². The van der Waals surface area contributed by atoms with Crippen LogP contribution in [0, 0.1) is 0 Å². The molecule has 0 bridgehead atoms. The fourth-order valence-electron chi connectivity index (χ4n) is 8.66. The summed E-state index contributed by atoms with van der Waals surface area (Å²) in [5.74, 6) is -3.46. The van der Waals surface area contributed by atoms with Gasteiger partial charge in [-0.05, 0) is 111 Å². The summed E-state index contributed by atoms with van der Waals surface area (Å²) in [4.78, 5) is 56.9. The van der Waals surface area contributed by atoms with Crippen molar-refractivity contribution in [3.05, 3.63) is 158 Å². The number of methoxy groups -OCH3 is 4. The van der Waals surface area contributed by atoms with Crippen molar-refractivity contribution in [2.75, 3.05) is 85.1 Å². The molecule has 0 amide bonds. The van der Waals surface area contributed by atoms with Crippen LogP contribution in [0.5, 0.6) is 23.0 Å². The van der Waals surface area contributed by atoms with Crippen molar-refractivity contribution >= 4 is 109 Å². The second kappa shape index (κ2) is 28.2. The molecule has 0 fully saturated rings. The minimum atomic E-state index is -4.50. The molecule has 2 aromatic heterocycles. The average Bonchev–Trinajstić information content (AvgIpc) is 2.12. The molecule has 8 aromatic rings. The van der Waals surface area contributed by atoms with Crippen LogP contribution in [-0.2, 0) is 68.7 Å². The highest BCUT2D eigenvalue weighted by Gasteiger charge is 2.36. The third kappa shape index (κ3) is 14.5. The quantitative estimate of drug-likeness (QED) is 0.0540. The van der Waals surface area contributed by atoms with Crippen molar-refractivity contribution in [1.29, 1.82) is 0 Å². The molecule has 88 heavy (non-hydrogen) atoms. The van der Waals surface area contributed by atoms with E-state index >= 15 is 0 Å². The van der Waals surface area contributed by atoms with Gasteiger partial charge in [-0.3, -0.25) is 27.8 Å². The number of hydrogen-bond acceptors (Lipinski definition) is 20. The van der Waals surface area contributed by atoms with Gasteiger partial charge < -0.3 is 38.6 Å². The number of nitrogens with zero attached hydrogens (tertiary/aromatic N) is 6. The third-order valence-electron chi connectivity index (χ3n) is 12.8. The number of carboxylic acids is 2. The monoisotopic (exact) mass is 1290 g/mol. The number of hydrogen-bond donors (Lipinski definition) is 2. The summed E-state index contributed by atoms with van der Waals surface area (Å²) >= 11 is 0. The Bertz CT molecular complexity index is 4040. The molecule has 0 saturated heterocycles. The van der Waals surface area contributed by atoms with Crippen molar-refractivity contribution in [2.45, 2.75) is 33.4 Å². The molecule has 2 N–H and O–H groups in total. The molecule has 30 heteroatoms. The number of aliphatic carboxylic acids is 2. The van der Waals surface area contributed by atoms with E-state index < -0.39 is 90.1 Å². The van der Waals surface area contributed by atoms with E-state index in [9.17, 15) is 63.1 Å². The van der Waals surface area contributed by atoms with Gasteiger partial charge >= 0.3 is 23.9 Å². The second-order valence-corrected chi connectivity index (χ2v) is 25.6. The van der Waals surface area contributed by atoms with Gasteiger partial charge in [-0.2, -0.15) is 0 Å². The van der Waals surface area contributed by atoms with E-state index in [0.29, 0.717) is 31.6 Å². The maximum atomic E-state index is 14.0. The van der Waals surface area contributed by atoms with Crippen LogP contribution in [-0.4, -0.2) is 146 Å². The summed E-state index contributed by atoms with van der Waals surface area (Å²) in [7, 11) is -12.1. The Hall–Kier alpha value is -9.78. The van der Waals surface area contributed by atoms with Crippen molar-refractivity contribution in [1.82, 2.24) is 9.97 Å². The van der Waals surface area contributed by atoms with Crippen LogP contribution < -0.4 is 36.2 Å². The van der Waals surface area contributed by atoms with Gasteiger partial charge in [0.05, 0.1) is 85.0 Å². The lowest BCUT2D eigenvalue weighted by Gasteiger charge is -2.27. The van der Waals surface area contributed by atoms with E-state index in [-0.39, 0.29) is 77.4 Å². The van der Waals surface area contributed by atoms with Crippen molar-refractivity contribution in [3.8, 4) is 23.0 Å².